The molecule has 0 N–H and O–H groups in total. The van der Waals surface area contributed by atoms with Crippen molar-refractivity contribution in [3.8, 4) is 6.07 Å². The van der Waals surface area contributed by atoms with Gasteiger partial charge in [0, 0.05) is 5.02 Å². The average molecular weight is 250 g/mol. The maximum absolute atomic E-state index is 8.78. The molecular formula is C9H5ClNNaS2. The molecule has 0 fully saturated rings. The fourth-order valence-electron chi connectivity index (χ4n) is 0.919. The van der Waals surface area contributed by atoms with Crippen molar-refractivity contribution in [1.82, 2.24) is 0 Å². The van der Waals surface area contributed by atoms with Crippen LogP contribution in [0.4, 0.5) is 0 Å². The minimum atomic E-state index is -0.484. The molecule has 5 heteroatoms. The Balaban J connectivity index is 0.00000169. The quantitative estimate of drug-likeness (QED) is 0.413. The van der Waals surface area contributed by atoms with Crippen LogP contribution in [0, 0.1) is 11.3 Å². The Morgan fingerprint density at radius 3 is 2.29 bits per heavy atom. The zero-order chi connectivity index (χ0) is 9.84. The van der Waals surface area contributed by atoms with E-state index < -0.39 is 5.92 Å². The van der Waals surface area contributed by atoms with Gasteiger partial charge in [0.2, 0.25) is 0 Å². The van der Waals surface area contributed by atoms with Crippen molar-refractivity contribution in [2.75, 3.05) is 0 Å². The first kappa shape index (κ1) is 14.3. The fourth-order valence-corrected chi connectivity index (χ4v) is 1.42. The van der Waals surface area contributed by atoms with E-state index in [0.29, 0.717) is 5.02 Å². The van der Waals surface area contributed by atoms with E-state index >= 15 is 0 Å². The molecule has 1 unspecified atom stereocenters. The predicted molar refractivity (Wildman–Crippen MR) is 59.8 cm³/mol. The van der Waals surface area contributed by atoms with Crippen molar-refractivity contribution in [3.63, 3.8) is 0 Å². The third-order valence-electron chi connectivity index (χ3n) is 1.57. The van der Waals surface area contributed by atoms with Gasteiger partial charge < -0.3 is 24.8 Å². The van der Waals surface area contributed by atoms with Gasteiger partial charge in [0.05, 0.1) is 12.0 Å². The van der Waals surface area contributed by atoms with Crippen LogP contribution in [0.3, 0.4) is 0 Å². The standard InChI is InChI=1S/C9H6ClNS2.Na/c10-7-3-1-6(2-4-7)8(5-11)9(12)13;/h1-4,8H,(H,12,13);/q;+1/p-1. The van der Waals surface area contributed by atoms with E-state index in [1.54, 1.807) is 24.3 Å². The van der Waals surface area contributed by atoms with Gasteiger partial charge >= 0.3 is 29.6 Å². The normalized spacial score (nSPS) is 10.9. The molecule has 1 aromatic rings. The van der Waals surface area contributed by atoms with E-state index in [2.05, 4.69) is 0 Å². The molecule has 0 aromatic heterocycles. The van der Waals surface area contributed by atoms with Gasteiger partial charge in [0.15, 0.2) is 0 Å². The summed E-state index contributed by atoms with van der Waals surface area (Å²) in [6, 6.07) is 9.00. The molecule has 1 nitrogen and oxygen atoms in total. The summed E-state index contributed by atoms with van der Waals surface area (Å²) < 4.78 is 0.268. The monoisotopic (exact) mass is 249 g/mol. The largest absolute Gasteiger partial charge is 1.00 e. The molecule has 14 heavy (non-hydrogen) atoms. The molecular weight excluding hydrogens is 245 g/mol. The Morgan fingerprint density at radius 1 is 1.43 bits per heavy atom. The van der Waals surface area contributed by atoms with Gasteiger partial charge in [-0.1, -0.05) is 23.7 Å². The molecule has 0 amide bonds. The second kappa shape index (κ2) is 6.73. The van der Waals surface area contributed by atoms with Crippen LogP contribution in [0.5, 0.6) is 0 Å². The number of nitrogens with zero attached hydrogens (tertiary/aromatic N) is 1. The molecule has 0 aliphatic rings. The van der Waals surface area contributed by atoms with E-state index in [4.69, 9.17) is 41.7 Å². The number of nitriles is 1. The van der Waals surface area contributed by atoms with E-state index in [9.17, 15) is 0 Å². The van der Waals surface area contributed by atoms with Crippen LogP contribution in [0.15, 0.2) is 24.3 Å². The first-order valence-corrected chi connectivity index (χ1v) is 4.70. The van der Waals surface area contributed by atoms with Crippen molar-refractivity contribution in [2.45, 2.75) is 5.92 Å². The van der Waals surface area contributed by atoms with Gasteiger partial charge in [-0.25, -0.2) is 0 Å². The van der Waals surface area contributed by atoms with Crippen LogP contribution in [0.2, 0.25) is 5.02 Å². The van der Waals surface area contributed by atoms with Gasteiger partial charge in [-0.2, -0.15) is 5.26 Å². The second-order valence-electron chi connectivity index (χ2n) is 2.43. The van der Waals surface area contributed by atoms with Gasteiger partial charge in [-0.3, -0.25) is 0 Å². The topological polar surface area (TPSA) is 23.8 Å². The number of rotatable bonds is 2. The number of hydrogen-bond donors (Lipinski definition) is 0. The molecule has 0 saturated carbocycles. The average Bonchev–Trinajstić information content (AvgIpc) is 2.09. The Bertz CT molecular complexity index is 358. The summed E-state index contributed by atoms with van der Waals surface area (Å²) in [7, 11) is 0. The van der Waals surface area contributed by atoms with Crippen LogP contribution in [-0.2, 0) is 12.6 Å². The Labute approximate surface area is 121 Å². The number of thiocarbonyl (C=S) groups is 1. The Morgan fingerprint density at radius 2 is 1.93 bits per heavy atom. The van der Waals surface area contributed by atoms with Crippen LogP contribution in [0.25, 0.3) is 0 Å². The third kappa shape index (κ3) is 3.82. The van der Waals surface area contributed by atoms with Crippen LogP contribution in [0.1, 0.15) is 11.5 Å². The molecule has 1 aromatic carbocycles. The SMILES string of the molecule is N#CC(C(=S)[S-])c1ccc(Cl)cc1.[Na+]. The summed E-state index contributed by atoms with van der Waals surface area (Å²) in [5.74, 6) is -0.484. The van der Waals surface area contributed by atoms with Crippen LogP contribution < -0.4 is 29.6 Å². The Kier molecular flexibility index (Phi) is 6.88. The first-order chi connectivity index (χ1) is 6.15. The van der Waals surface area contributed by atoms with Gasteiger partial charge in [-0.15, -0.1) is 4.20 Å². The molecule has 0 spiro atoms. The minimum absolute atomic E-state index is 0. The Hall–Kier alpha value is 0.310. The first-order valence-electron chi connectivity index (χ1n) is 3.51. The predicted octanol–water partition coefficient (Wildman–Crippen LogP) is -0.175. The van der Waals surface area contributed by atoms with E-state index in [-0.39, 0.29) is 33.8 Å². The summed E-state index contributed by atoms with van der Waals surface area (Å²) in [6.45, 7) is 0. The van der Waals surface area contributed by atoms with Crippen molar-refractivity contribution < 1.29 is 29.6 Å². The van der Waals surface area contributed by atoms with E-state index in [1.807, 2.05) is 6.07 Å². The number of benzene rings is 1. The van der Waals surface area contributed by atoms with Crippen molar-refractivity contribution in [1.29, 1.82) is 5.26 Å². The second-order valence-corrected chi connectivity index (χ2v) is 4.01. The van der Waals surface area contributed by atoms with Gasteiger partial charge in [0.25, 0.3) is 0 Å². The molecule has 0 radical (unpaired) electrons. The van der Waals surface area contributed by atoms with Crippen molar-refractivity contribution in [3.05, 3.63) is 34.9 Å². The smallest absolute Gasteiger partial charge is 0.431 e. The summed E-state index contributed by atoms with van der Waals surface area (Å²) >= 11 is 15.3. The van der Waals surface area contributed by atoms with Crippen molar-refractivity contribution >= 4 is 40.6 Å². The number of hydrogen-bond acceptors (Lipinski definition) is 3. The summed E-state index contributed by atoms with van der Waals surface area (Å²) in [6.07, 6.45) is 0. The maximum Gasteiger partial charge on any atom is 1.00 e. The third-order valence-corrected chi connectivity index (χ3v) is 2.29. The van der Waals surface area contributed by atoms with Crippen LogP contribution >= 0.6 is 23.8 Å². The summed E-state index contributed by atoms with van der Waals surface area (Å²) in [5, 5.41) is 9.42. The maximum atomic E-state index is 8.78. The molecule has 0 bridgehead atoms. The minimum Gasteiger partial charge on any atom is -0.431 e. The molecule has 0 aliphatic heterocycles. The molecule has 0 heterocycles. The molecule has 1 rings (SSSR count). The van der Waals surface area contributed by atoms with Gasteiger partial charge in [-0.05, 0) is 17.7 Å². The number of halogens is 1. The zero-order valence-corrected chi connectivity index (χ0v) is 11.9. The zero-order valence-electron chi connectivity index (χ0n) is 7.53. The summed E-state index contributed by atoms with van der Waals surface area (Å²) in [5.41, 5.74) is 0.798. The molecule has 66 valence electrons. The summed E-state index contributed by atoms with van der Waals surface area (Å²) in [4.78, 5) is 0. The molecule has 0 aliphatic carbocycles. The molecule has 0 saturated heterocycles. The van der Waals surface area contributed by atoms with Crippen LogP contribution in [-0.4, -0.2) is 4.20 Å². The fraction of sp³-hybridized carbons (Fsp3) is 0.111. The van der Waals surface area contributed by atoms with E-state index in [1.165, 1.54) is 0 Å². The van der Waals surface area contributed by atoms with E-state index in [0.717, 1.165) is 5.56 Å². The van der Waals surface area contributed by atoms with Gasteiger partial charge in [0.1, 0.15) is 0 Å². The molecule has 1 atom stereocenters. The van der Waals surface area contributed by atoms with Crippen molar-refractivity contribution in [2.24, 2.45) is 0 Å².